The van der Waals surface area contributed by atoms with Gasteiger partial charge in [-0.25, -0.2) is 0 Å². The molecule has 0 aliphatic heterocycles. The molecule has 0 spiro atoms. The highest BCUT2D eigenvalue weighted by atomic mass is 32.2. The van der Waals surface area contributed by atoms with Crippen molar-refractivity contribution in [2.45, 2.75) is 43.0 Å². The zero-order valence-electron chi connectivity index (χ0n) is 14.8. The molecule has 1 saturated carbocycles. The van der Waals surface area contributed by atoms with E-state index in [4.69, 9.17) is 0 Å². The van der Waals surface area contributed by atoms with Gasteiger partial charge in [-0.3, -0.25) is 4.79 Å². The molecule has 0 radical (unpaired) electrons. The van der Waals surface area contributed by atoms with Crippen LogP contribution >= 0.6 is 11.8 Å². The number of nitrogens with one attached hydrogen (secondary N) is 2. The highest BCUT2D eigenvalue weighted by molar-refractivity contribution is 8.00. The van der Waals surface area contributed by atoms with Gasteiger partial charge in [0, 0.05) is 21.8 Å². The number of amides is 1. The van der Waals surface area contributed by atoms with Gasteiger partial charge in [0.15, 0.2) is 0 Å². The van der Waals surface area contributed by atoms with Crippen LogP contribution in [-0.4, -0.2) is 22.7 Å². The van der Waals surface area contributed by atoms with Crippen molar-refractivity contribution in [3.63, 3.8) is 0 Å². The largest absolute Gasteiger partial charge is 0.354 e. The summed E-state index contributed by atoms with van der Waals surface area (Å²) in [5.41, 5.74) is 3.36. The number of hydrogen-bond donors (Lipinski definition) is 2. The van der Waals surface area contributed by atoms with E-state index in [2.05, 4.69) is 40.6 Å². The molecule has 26 heavy (non-hydrogen) atoms. The Morgan fingerprint density at radius 1 is 1.00 bits per heavy atom. The van der Waals surface area contributed by atoms with Crippen LogP contribution in [0, 0.1) is 0 Å². The fourth-order valence-corrected chi connectivity index (χ4v) is 4.73. The average molecular weight is 365 g/mol. The van der Waals surface area contributed by atoms with Crippen LogP contribution in [0.4, 0.5) is 0 Å². The number of aromatic amines is 1. The van der Waals surface area contributed by atoms with Crippen LogP contribution in [0.2, 0.25) is 0 Å². The van der Waals surface area contributed by atoms with E-state index in [0.29, 0.717) is 11.8 Å². The van der Waals surface area contributed by atoms with Gasteiger partial charge in [0.25, 0.3) is 0 Å². The molecule has 1 aromatic heterocycles. The third kappa shape index (κ3) is 3.80. The number of fused-ring (bicyclic) bond motifs is 1. The topological polar surface area (TPSA) is 44.9 Å². The first-order valence-corrected chi connectivity index (χ1v) is 10.4. The minimum absolute atomic E-state index is 0.145. The lowest BCUT2D eigenvalue weighted by molar-refractivity contribution is -0.119. The smallest absolute Gasteiger partial charge is 0.230 e. The third-order valence-electron chi connectivity index (χ3n) is 5.04. The van der Waals surface area contributed by atoms with Gasteiger partial charge in [-0.05, 0) is 24.5 Å². The Morgan fingerprint density at radius 2 is 1.73 bits per heavy atom. The molecule has 1 amide bonds. The van der Waals surface area contributed by atoms with Crippen molar-refractivity contribution in [3.8, 4) is 11.3 Å². The van der Waals surface area contributed by atoms with Crippen LogP contribution in [0.5, 0.6) is 0 Å². The summed E-state index contributed by atoms with van der Waals surface area (Å²) in [5, 5.41) is 4.40. The predicted octanol–water partition coefficient (Wildman–Crippen LogP) is 5.38. The normalized spacial score (nSPS) is 15.2. The molecule has 2 N–H and O–H groups in total. The van der Waals surface area contributed by atoms with Gasteiger partial charge in [-0.1, -0.05) is 67.8 Å². The maximum absolute atomic E-state index is 12.4. The Morgan fingerprint density at radius 3 is 2.54 bits per heavy atom. The maximum Gasteiger partial charge on any atom is 0.230 e. The second-order valence-electron chi connectivity index (χ2n) is 6.93. The zero-order valence-corrected chi connectivity index (χ0v) is 15.6. The zero-order chi connectivity index (χ0) is 17.8. The van der Waals surface area contributed by atoms with Gasteiger partial charge in [-0.15, -0.1) is 11.8 Å². The minimum atomic E-state index is 0.145. The molecule has 1 aliphatic carbocycles. The van der Waals surface area contributed by atoms with Crippen LogP contribution in [0.15, 0.2) is 59.5 Å². The lowest BCUT2D eigenvalue weighted by atomic mass is 9.95. The van der Waals surface area contributed by atoms with Crippen LogP contribution in [0.25, 0.3) is 22.2 Å². The van der Waals surface area contributed by atoms with Crippen molar-refractivity contribution in [1.82, 2.24) is 10.3 Å². The van der Waals surface area contributed by atoms with Crippen LogP contribution < -0.4 is 5.32 Å². The van der Waals surface area contributed by atoms with E-state index in [-0.39, 0.29) is 5.91 Å². The Balaban J connectivity index is 1.54. The Hall–Kier alpha value is -2.20. The molecule has 0 unspecified atom stereocenters. The first kappa shape index (κ1) is 17.2. The first-order valence-electron chi connectivity index (χ1n) is 9.39. The SMILES string of the molecule is O=C(CSc1c(-c2ccccc2)[nH]c2ccccc12)NC1CCCCC1. The van der Waals surface area contributed by atoms with Crippen LogP contribution in [-0.2, 0) is 4.79 Å². The fraction of sp³-hybridized carbons (Fsp3) is 0.318. The second kappa shape index (κ2) is 8.00. The van der Waals surface area contributed by atoms with Gasteiger partial charge in [0.05, 0.1) is 11.4 Å². The molecule has 0 bridgehead atoms. The first-order chi connectivity index (χ1) is 12.8. The van der Waals surface area contributed by atoms with E-state index in [1.807, 2.05) is 24.3 Å². The summed E-state index contributed by atoms with van der Waals surface area (Å²) in [7, 11) is 0. The number of rotatable bonds is 5. The van der Waals surface area contributed by atoms with Gasteiger partial charge in [0.2, 0.25) is 5.91 Å². The van der Waals surface area contributed by atoms with Crippen molar-refractivity contribution in [1.29, 1.82) is 0 Å². The number of hydrogen-bond acceptors (Lipinski definition) is 2. The number of H-pyrrole nitrogens is 1. The number of thioether (sulfide) groups is 1. The predicted molar refractivity (Wildman–Crippen MR) is 109 cm³/mol. The number of benzene rings is 2. The molecule has 2 aromatic carbocycles. The lowest BCUT2D eigenvalue weighted by Crippen LogP contribution is -2.37. The van der Waals surface area contributed by atoms with Crippen molar-refractivity contribution in [2.75, 3.05) is 5.75 Å². The molecule has 0 saturated heterocycles. The van der Waals surface area contributed by atoms with E-state index >= 15 is 0 Å². The van der Waals surface area contributed by atoms with Gasteiger partial charge >= 0.3 is 0 Å². The summed E-state index contributed by atoms with van der Waals surface area (Å²) in [6.07, 6.45) is 6.02. The van der Waals surface area contributed by atoms with Crippen molar-refractivity contribution in [2.24, 2.45) is 0 Å². The summed E-state index contributed by atoms with van der Waals surface area (Å²) in [6, 6.07) is 19.0. The van der Waals surface area contributed by atoms with E-state index < -0.39 is 0 Å². The van der Waals surface area contributed by atoms with Crippen LogP contribution in [0.1, 0.15) is 32.1 Å². The number of aromatic nitrogens is 1. The lowest BCUT2D eigenvalue weighted by Gasteiger charge is -2.22. The highest BCUT2D eigenvalue weighted by Crippen LogP contribution is 2.37. The van der Waals surface area contributed by atoms with Gasteiger partial charge < -0.3 is 10.3 Å². The Labute approximate surface area is 158 Å². The van der Waals surface area contributed by atoms with Gasteiger partial charge in [-0.2, -0.15) is 0 Å². The summed E-state index contributed by atoms with van der Waals surface area (Å²) in [5.74, 6) is 0.601. The third-order valence-corrected chi connectivity index (χ3v) is 6.16. The highest BCUT2D eigenvalue weighted by Gasteiger charge is 2.18. The van der Waals surface area contributed by atoms with E-state index in [1.165, 1.54) is 24.6 Å². The molecular formula is C22H24N2OS. The standard InChI is InChI=1S/C22H24N2OS/c25-20(23-17-11-5-2-6-12-17)15-26-22-18-13-7-8-14-19(18)24-21(22)16-9-3-1-4-10-16/h1,3-4,7-10,13-14,17,24H,2,5-6,11-12,15H2,(H,23,25). The number of carbonyl (C=O) groups excluding carboxylic acids is 1. The van der Waals surface area contributed by atoms with E-state index in [9.17, 15) is 4.79 Å². The minimum Gasteiger partial charge on any atom is -0.354 e. The molecule has 3 nitrogen and oxygen atoms in total. The molecule has 4 heteroatoms. The van der Waals surface area contributed by atoms with Crippen LogP contribution in [0.3, 0.4) is 0 Å². The molecular weight excluding hydrogens is 340 g/mol. The molecule has 134 valence electrons. The molecule has 1 aliphatic rings. The van der Waals surface area contributed by atoms with Crippen molar-refractivity contribution >= 4 is 28.6 Å². The van der Waals surface area contributed by atoms with Gasteiger partial charge in [0.1, 0.15) is 0 Å². The monoisotopic (exact) mass is 364 g/mol. The maximum atomic E-state index is 12.4. The number of para-hydroxylation sites is 1. The molecule has 1 fully saturated rings. The Bertz CT molecular complexity index is 882. The average Bonchev–Trinajstić information content (AvgIpc) is 3.06. The fourth-order valence-electron chi connectivity index (χ4n) is 3.73. The number of carbonyl (C=O) groups is 1. The van der Waals surface area contributed by atoms with E-state index in [1.54, 1.807) is 11.8 Å². The quantitative estimate of drug-likeness (QED) is 0.597. The molecule has 1 heterocycles. The Kier molecular flexibility index (Phi) is 5.30. The molecule has 0 atom stereocenters. The summed E-state index contributed by atoms with van der Waals surface area (Å²) >= 11 is 1.63. The molecule has 4 rings (SSSR count). The second-order valence-corrected chi connectivity index (χ2v) is 7.92. The summed E-state index contributed by atoms with van der Waals surface area (Å²) in [4.78, 5) is 17.1. The molecule has 3 aromatic rings. The van der Waals surface area contributed by atoms with E-state index in [0.717, 1.165) is 34.5 Å². The summed E-state index contributed by atoms with van der Waals surface area (Å²) in [6.45, 7) is 0. The summed E-state index contributed by atoms with van der Waals surface area (Å²) < 4.78 is 0. The van der Waals surface area contributed by atoms with Crippen molar-refractivity contribution in [3.05, 3.63) is 54.6 Å². The van der Waals surface area contributed by atoms with Crippen molar-refractivity contribution < 1.29 is 4.79 Å².